The van der Waals surface area contributed by atoms with Gasteiger partial charge in [0, 0.05) is 29.6 Å². The van der Waals surface area contributed by atoms with Crippen LogP contribution >= 0.6 is 0 Å². The average Bonchev–Trinajstić information content (AvgIpc) is 3.38. The molecule has 146 valence electrons. The molecule has 1 aromatic heterocycles. The largest absolute Gasteiger partial charge is 0.339 e. The van der Waals surface area contributed by atoms with E-state index in [0.717, 1.165) is 49.9 Å². The Morgan fingerprint density at radius 3 is 2.82 bits per heavy atom. The van der Waals surface area contributed by atoms with Gasteiger partial charge >= 0.3 is 0 Å². The standard InChI is InChI=1S/C20H23N5O3/c21-23-18(26)12-7-8-13-10-25(20(27)15(13)9-12)16-4-2-1-3-14(16)19-22-17(24-28-19)11-5-6-11/h7-9,11,14,16H,1-6,10,21H2,(H,23,26). The summed E-state index contributed by atoms with van der Waals surface area (Å²) in [7, 11) is 0. The summed E-state index contributed by atoms with van der Waals surface area (Å²) >= 11 is 0. The Labute approximate surface area is 162 Å². The summed E-state index contributed by atoms with van der Waals surface area (Å²) in [4.78, 5) is 31.5. The van der Waals surface area contributed by atoms with E-state index in [0.29, 0.717) is 29.5 Å². The molecule has 8 nitrogen and oxygen atoms in total. The van der Waals surface area contributed by atoms with E-state index in [4.69, 9.17) is 10.4 Å². The first-order chi connectivity index (χ1) is 13.7. The van der Waals surface area contributed by atoms with Crippen LogP contribution in [0.25, 0.3) is 0 Å². The van der Waals surface area contributed by atoms with Crippen molar-refractivity contribution in [3.05, 3.63) is 46.6 Å². The van der Waals surface area contributed by atoms with Gasteiger partial charge in [0.05, 0.1) is 5.92 Å². The fourth-order valence-electron chi connectivity index (χ4n) is 4.49. The Morgan fingerprint density at radius 1 is 1.21 bits per heavy atom. The third kappa shape index (κ3) is 2.88. The molecule has 2 amide bonds. The van der Waals surface area contributed by atoms with Crippen molar-refractivity contribution >= 4 is 11.8 Å². The lowest BCUT2D eigenvalue weighted by molar-refractivity contribution is 0.0605. The van der Waals surface area contributed by atoms with Gasteiger partial charge in [0.15, 0.2) is 5.82 Å². The fraction of sp³-hybridized carbons (Fsp3) is 0.500. The van der Waals surface area contributed by atoms with Crippen molar-refractivity contribution in [2.24, 2.45) is 5.84 Å². The van der Waals surface area contributed by atoms with E-state index < -0.39 is 5.91 Å². The molecule has 0 spiro atoms. The number of hydrogen-bond acceptors (Lipinski definition) is 6. The highest BCUT2D eigenvalue weighted by Crippen LogP contribution is 2.42. The molecule has 2 unspecified atom stereocenters. The van der Waals surface area contributed by atoms with Crippen LogP contribution < -0.4 is 11.3 Å². The minimum Gasteiger partial charge on any atom is -0.339 e. The molecule has 2 saturated carbocycles. The summed E-state index contributed by atoms with van der Waals surface area (Å²) in [6.07, 6.45) is 6.29. The zero-order valence-corrected chi connectivity index (χ0v) is 15.6. The highest BCUT2D eigenvalue weighted by atomic mass is 16.5. The van der Waals surface area contributed by atoms with Gasteiger partial charge in [-0.2, -0.15) is 4.98 Å². The monoisotopic (exact) mass is 381 g/mol. The smallest absolute Gasteiger partial charge is 0.265 e. The van der Waals surface area contributed by atoms with Crippen LogP contribution in [0.5, 0.6) is 0 Å². The number of aromatic nitrogens is 2. The number of hydrazine groups is 1. The Morgan fingerprint density at radius 2 is 2.04 bits per heavy atom. The van der Waals surface area contributed by atoms with Gasteiger partial charge < -0.3 is 9.42 Å². The van der Waals surface area contributed by atoms with Crippen molar-refractivity contribution in [2.75, 3.05) is 0 Å². The Bertz CT molecular complexity index is 936. The van der Waals surface area contributed by atoms with Gasteiger partial charge in [-0.15, -0.1) is 0 Å². The van der Waals surface area contributed by atoms with Crippen molar-refractivity contribution in [3.63, 3.8) is 0 Å². The zero-order valence-electron chi connectivity index (χ0n) is 15.6. The molecule has 28 heavy (non-hydrogen) atoms. The molecule has 0 radical (unpaired) electrons. The fourth-order valence-corrected chi connectivity index (χ4v) is 4.49. The van der Waals surface area contributed by atoms with Gasteiger partial charge in [0.25, 0.3) is 11.8 Å². The van der Waals surface area contributed by atoms with Crippen LogP contribution in [0.15, 0.2) is 22.7 Å². The number of carbonyl (C=O) groups is 2. The zero-order chi connectivity index (χ0) is 19.3. The van der Waals surface area contributed by atoms with Crippen LogP contribution in [0.4, 0.5) is 0 Å². The van der Waals surface area contributed by atoms with Crippen molar-refractivity contribution in [3.8, 4) is 0 Å². The van der Waals surface area contributed by atoms with Gasteiger partial charge in [-0.25, -0.2) is 5.84 Å². The SMILES string of the molecule is NNC(=O)c1ccc2c(c1)C(=O)N(C1CCCCC1c1nc(C3CC3)no1)C2. The molecule has 3 aliphatic rings. The third-order valence-electron chi connectivity index (χ3n) is 6.18. The summed E-state index contributed by atoms with van der Waals surface area (Å²) in [6, 6.07) is 5.21. The Balaban J connectivity index is 1.41. The van der Waals surface area contributed by atoms with Crippen LogP contribution in [0.2, 0.25) is 0 Å². The maximum Gasteiger partial charge on any atom is 0.265 e. The quantitative estimate of drug-likeness (QED) is 0.477. The van der Waals surface area contributed by atoms with E-state index in [9.17, 15) is 9.59 Å². The lowest BCUT2D eigenvalue weighted by Crippen LogP contribution is -2.41. The van der Waals surface area contributed by atoms with Crippen molar-refractivity contribution < 1.29 is 14.1 Å². The lowest BCUT2D eigenvalue weighted by Gasteiger charge is -2.36. The molecular formula is C20H23N5O3. The highest BCUT2D eigenvalue weighted by molar-refractivity contribution is 6.02. The maximum atomic E-state index is 13.2. The van der Waals surface area contributed by atoms with Gasteiger partial charge in [0.2, 0.25) is 5.89 Å². The topological polar surface area (TPSA) is 114 Å². The summed E-state index contributed by atoms with van der Waals surface area (Å²) in [5.74, 6) is 6.77. The van der Waals surface area contributed by atoms with Crippen LogP contribution in [0.1, 0.15) is 88.4 Å². The molecule has 2 fully saturated rings. The van der Waals surface area contributed by atoms with E-state index in [1.165, 1.54) is 0 Å². The maximum absolute atomic E-state index is 13.2. The van der Waals surface area contributed by atoms with E-state index >= 15 is 0 Å². The van der Waals surface area contributed by atoms with Gasteiger partial charge in [-0.05, 0) is 43.4 Å². The van der Waals surface area contributed by atoms with Gasteiger partial charge in [0.1, 0.15) is 0 Å². The number of amides is 2. The second kappa shape index (κ2) is 6.70. The molecule has 3 N–H and O–H groups in total. The van der Waals surface area contributed by atoms with Crippen molar-refractivity contribution in [1.82, 2.24) is 20.5 Å². The molecule has 5 rings (SSSR count). The number of hydrogen-bond donors (Lipinski definition) is 2. The predicted octanol–water partition coefficient (Wildman–Crippen LogP) is 2.23. The third-order valence-corrected chi connectivity index (χ3v) is 6.18. The van der Waals surface area contributed by atoms with Crippen LogP contribution in [0, 0.1) is 0 Å². The Kier molecular flexibility index (Phi) is 4.16. The molecule has 0 bridgehead atoms. The summed E-state index contributed by atoms with van der Waals surface area (Å²) in [5.41, 5.74) is 4.02. The average molecular weight is 381 g/mol. The normalized spacial score (nSPS) is 24.3. The molecule has 2 atom stereocenters. The number of rotatable bonds is 4. The Hall–Kier alpha value is -2.74. The number of fused-ring (bicyclic) bond motifs is 1. The van der Waals surface area contributed by atoms with Crippen molar-refractivity contribution in [1.29, 1.82) is 0 Å². The minimum absolute atomic E-state index is 0.0351. The van der Waals surface area contributed by atoms with Crippen LogP contribution in [0.3, 0.4) is 0 Å². The van der Waals surface area contributed by atoms with Crippen LogP contribution in [-0.4, -0.2) is 32.9 Å². The predicted molar refractivity (Wildman–Crippen MR) is 99.2 cm³/mol. The molecule has 1 aliphatic heterocycles. The highest BCUT2D eigenvalue weighted by Gasteiger charge is 2.41. The first-order valence-corrected chi connectivity index (χ1v) is 9.94. The summed E-state index contributed by atoms with van der Waals surface area (Å²) in [6.45, 7) is 0.545. The van der Waals surface area contributed by atoms with E-state index in [1.807, 2.05) is 11.0 Å². The van der Waals surface area contributed by atoms with E-state index in [-0.39, 0.29) is 17.9 Å². The number of carbonyl (C=O) groups excluding carboxylic acids is 2. The number of nitrogen functional groups attached to an aromatic ring is 1. The number of benzene rings is 1. The molecule has 2 aromatic rings. The molecule has 1 aromatic carbocycles. The molecule has 2 aliphatic carbocycles. The number of nitrogens with zero attached hydrogens (tertiary/aromatic N) is 3. The second-order valence-electron chi connectivity index (χ2n) is 8.00. The number of nitrogens with one attached hydrogen (secondary N) is 1. The number of nitrogens with two attached hydrogens (primary N) is 1. The first kappa shape index (κ1) is 17.4. The first-order valence-electron chi connectivity index (χ1n) is 9.94. The van der Waals surface area contributed by atoms with Gasteiger partial charge in [-0.3, -0.25) is 15.0 Å². The summed E-state index contributed by atoms with van der Waals surface area (Å²) < 4.78 is 5.61. The van der Waals surface area contributed by atoms with Crippen LogP contribution in [-0.2, 0) is 6.54 Å². The second-order valence-corrected chi connectivity index (χ2v) is 8.00. The summed E-state index contributed by atoms with van der Waals surface area (Å²) in [5, 5.41) is 4.17. The molecule has 8 heteroatoms. The lowest BCUT2D eigenvalue weighted by atomic mass is 9.83. The minimum atomic E-state index is -0.400. The molecule has 0 saturated heterocycles. The molecular weight excluding hydrogens is 358 g/mol. The van der Waals surface area contributed by atoms with Crippen molar-refractivity contribution in [2.45, 2.75) is 62.9 Å². The molecule has 2 heterocycles. The van der Waals surface area contributed by atoms with E-state index in [1.54, 1.807) is 12.1 Å². The van der Waals surface area contributed by atoms with E-state index in [2.05, 4.69) is 15.6 Å². The van der Waals surface area contributed by atoms with Gasteiger partial charge in [-0.1, -0.05) is 24.1 Å².